The Morgan fingerprint density at radius 1 is 1.24 bits per heavy atom. The van der Waals surface area contributed by atoms with E-state index in [-0.39, 0.29) is 11.9 Å². The van der Waals surface area contributed by atoms with Gasteiger partial charge in [0.05, 0.1) is 25.1 Å². The molecule has 0 spiro atoms. The molecule has 8 heteroatoms. The molecule has 2 aromatic rings. The molecule has 0 saturated heterocycles. The van der Waals surface area contributed by atoms with Crippen LogP contribution in [0.2, 0.25) is 0 Å². The molecule has 1 unspecified atom stereocenters. The summed E-state index contributed by atoms with van der Waals surface area (Å²) in [5.74, 6) is 1.08. The Kier molecular flexibility index (Phi) is 5.49. The SMILES string of the molecule is COc1ccc2c(c1)OC(C)(C)CC2NC(=O)c1cccc(N(C)S(C)(=O)=O)c1. The van der Waals surface area contributed by atoms with E-state index in [1.165, 1.54) is 7.05 Å². The van der Waals surface area contributed by atoms with Gasteiger partial charge >= 0.3 is 0 Å². The highest BCUT2D eigenvalue weighted by Crippen LogP contribution is 2.41. The van der Waals surface area contributed by atoms with Crippen LogP contribution >= 0.6 is 0 Å². The summed E-state index contributed by atoms with van der Waals surface area (Å²) in [7, 11) is -0.366. The quantitative estimate of drug-likeness (QED) is 0.806. The number of nitrogens with zero attached hydrogens (tertiary/aromatic N) is 1. The Balaban J connectivity index is 1.88. The van der Waals surface area contributed by atoms with Crippen molar-refractivity contribution in [3.05, 3.63) is 53.6 Å². The fourth-order valence-electron chi connectivity index (χ4n) is 3.36. The molecule has 0 radical (unpaired) electrons. The van der Waals surface area contributed by atoms with Crippen LogP contribution in [0.1, 0.15) is 42.2 Å². The lowest BCUT2D eigenvalue weighted by atomic mass is 9.89. The van der Waals surface area contributed by atoms with E-state index in [1.54, 1.807) is 31.4 Å². The molecule has 1 atom stereocenters. The van der Waals surface area contributed by atoms with Crippen LogP contribution in [0.3, 0.4) is 0 Å². The van der Waals surface area contributed by atoms with E-state index in [9.17, 15) is 13.2 Å². The number of carbonyl (C=O) groups is 1. The summed E-state index contributed by atoms with van der Waals surface area (Å²) in [5, 5.41) is 3.06. The maximum absolute atomic E-state index is 12.9. The van der Waals surface area contributed by atoms with Crippen molar-refractivity contribution in [2.45, 2.75) is 31.9 Å². The number of hydrogen-bond donors (Lipinski definition) is 1. The fraction of sp³-hybridized carbons (Fsp3) is 0.381. The molecule has 0 fully saturated rings. The number of rotatable bonds is 5. The standard InChI is InChI=1S/C21H26N2O5S/c1-21(2)13-18(17-10-9-16(27-4)12-19(17)28-21)22-20(24)14-7-6-8-15(11-14)23(3)29(5,25)26/h6-12,18H,13H2,1-5H3,(H,22,24). The number of hydrogen-bond acceptors (Lipinski definition) is 5. The first-order valence-electron chi connectivity index (χ1n) is 9.22. The average molecular weight is 419 g/mol. The van der Waals surface area contributed by atoms with Gasteiger partial charge in [-0.2, -0.15) is 0 Å². The number of carbonyl (C=O) groups excluding carboxylic acids is 1. The van der Waals surface area contributed by atoms with Crippen LogP contribution in [0, 0.1) is 0 Å². The van der Waals surface area contributed by atoms with Gasteiger partial charge in [0.2, 0.25) is 10.0 Å². The Morgan fingerprint density at radius 2 is 1.97 bits per heavy atom. The molecule has 29 heavy (non-hydrogen) atoms. The summed E-state index contributed by atoms with van der Waals surface area (Å²) >= 11 is 0. The Morgan fingerprint density at radius 3 is 2.62 bits per heavy atom. The first kappa shape index (κ1) is 21.0. The minimum atomic E-state index is -3.41. The molecular weight excluding hydrogens is 392 g/mol. The van der Waals surface area contributed by atoms with Gasteiger partial charge in [-0.1, -0.05) is 6.07 Å². The van der Waals surface area contributed by atoms with E-state index >= 15 is 0 Å². The zero-order chi connectivity index (χ0) is 21.4. The van der Waals surface area contributed by atoms with E-state index < -0.39 is 15.6 Å². The molecule has 1 aliphatic rings. The molecule has 7 nitrogen and oxygen atoms in total. The van der Waals surface area contributed by atoms with Crippen molar-refractivity contribution >= 4 is 21.6 Å². The molecule has 3 rings (SSSR count). The van der Waals surface area contributed by atoms with Crippen molar-refractivity contribution < 1.29 is 22.7 Å². The molecule has 0 aliphatic carbocycles. The fourth-order valence-corrected chi connectivity index (χ4v) is 3.86. The van der Waals surface area contributed by atoms with Crippen molar-refractivity contribution in [2.75, 3.05) is 24.7 Å². The molecule has 156 valence electrons. The van der Waals surface area contributed by atoms with Crippen LogP contribution < -0.4 is 19.1 Å². The van der Waals surface area contributed by atoms with Crippen LogP contribution in [-0.2, 0) is 10.0 Å². The number of nitrogens with one attached hydrogen (secondary N) is 1. The lowest BCUT2D eigenvalue weighted by Gasteiger charge is -2.38. The molecule has 1 amide bonds. The highest BCUT2D eigenvalue weighted by atomic mass is 32.2. The molecular formula is C21H26N2O5S. The second kappa shape index (κ2) is 7.59. The smallest absolute Gasteiger partial charge is 0.251 e. The predicted molar refractivity (Wildman–Crippen MR) is 112 cm³/mol. The second-order valence-electron chi connectivity index (χ2n) is 7.78. The predicted octanol–water partition coefficient (Wildman–Crippen LogP) is 3.12. The van der Waals surface area contributed by atoms with Crippen molar-refractivity contribution in [1.29, 1.82) is 0 Å². The van der Waals surface area contributed by atoms with Gasteiger partial charge < -0.3 is 14.8 Å². The first-order valence-corrected chi connectivity index (χ1v) is 11.1. The minimum Gasteiger partial charge on any atom is -0.497 e. The number of fused-ring (bicyclic) bond motifs is 1. The van der Waals surface area contributed by atoms with Gasteiger partial charge in [0.25, 0.3) is 5.91 Å². The molecule has 0 aromatic heterocycles. The van der Waals surface area contributed by atoms with Crippen LogP contribution in [0.4, 0.5) is 5.69 Å². The van der Waals surface area contributed by atoms with E-state index in [0.29, 0.717) is 29.2 Å². The van der Waals surface area contributed by atoms with Crippen molar-refractivity contribution in [1.82, 2.24) is 5.32 Å². The number of anilines is 1. The monoisotopic (exact) mass is 418 g/mol. The molecule has 0 bridgehead atoms. The zero-order valence-electron chi connectivity index (χ0n) is 17.2. The Hall–Kier alpha value is -2.74. The zero-order valence-corrected chi connectivity index (χ0v) is 18.0. The van der Waals surface area contributed by atoms with Crippen LogP contribution in [0.15, 0.2) is 42.5 Å². The van der Waals surface area contributed by atoms with E-state index in [1.807, 2.05) is 32.0 Å². The van der Waals surface area contributed by atoms with Gasteiger partial charge in [0.1, 0.15) is 17.1 Å². The van der Waals surface area contributed by atoms with E-state index in [0.717, 1.165) is 16.1 Å². The molecule has 0 saturated carbocycles. The van der Waals surface area contributed by atoms with Gasteiger partial charge in [-0.25, -0.2) is 8.42 Å². The van der Waals surface area contributed by atoms with E-state index in [2.05, 4.69) is 5.32 Å². The van der Waals surface area contributed by atoms with Crippen molar-refractivity contribution in [3.63, 3.8) is 0 Å². The molecule has 1 aliphatic heterocycles. The van der Waals surface area contributed by atoms with Gasteiger partial charge in [0, 0.05) is 30.7 Å². The summed E-state index contributed by atoms with van der Waals surface area (Å²) in [6, 6.07) is 11.8. The van der Waals surface area contributed by atoms with Crippen LogP contribution in [0.25, 0.3) is 0 Å². The number of methoxy groups -OCH3 is 1. The lowest BCUT2D eigenvalue weighted by Crippen LogP contribution is -2.41. The molecule has 1 heterocycles. The van der Waals surface area contributed by atoms with Gasteiger partial charge in [-0.15, -0.1) is 0 Å². The third-order valence-electron chi connectivity index (χ3n) is 4.95. The number of ether oxygens (including phenoxy) is 2. The number of amides is 1. The first-order chi connectivity index (χ1) is 13.5. The third kappa shape index (κ3) is 4.64. The summed E-state index contributed by atoms with van der Waals surface area (Å²) in [5.41, 5.74) is 1.23. The Bertz CT molecular complexity index is 1030. The summed E-state index contributed by atoms with van der Waals surface area (Å²) in [6.45, 7) is 3.94. The molecule has 2 aromatic carbocycles. The minimum absolute atomic E-state index is 0.247. The number of benzene rings is 2. The van der Waals surface area contributed by atoms with E-state index in [4.69, 9.17) is 9.47 Å². The highest BCUT2D eigenvalue weighted by Gasteiger charge is 2.35. The van der Waals surface area contributed by atoms with Gasteiger partial charge in [-0.3, -0.25) is 9.10 Å². The van der Waals surface area contributed by atoms with Crippen molar-refractivity contribution in [2.24, 2.45) is 0 Å². The molecule has 1 N–H and O–H groups in total. The van der Waals surface area contributed by atoms with Crippen LogP contribution in [0.5, 0.6) is 11.5 Å². The largest absolute Gasteiger partial charge is 0.497 e. The summed E-state index contributed by atoms with van der Waals surface area (Å²) in [6.07, 6.45) is 1.72. The maximum Gasteiger partial charge on any atom is 0.251 e. The highest BCUT2D eigenvalue weighted by molar-refractivity contribution is 7.92. The Labute approximate surface area is 171 Å². The summed E-state index contributed by atoms with van der Waals surface area (Å²) < 4.78 is 36.1. The topological polar surface area (TPSA) is 84.9 Å². The normalized spacial score (nSPS) is 17.6. The average Bonchev–Trinajstić information content (AvgIpc) is 2.65. The lowest BCUT2D eigenvalue weighted by molar-refractivity contribution is 0.0617. The maximum atomic E-state index is 12.9. The van der Waals surface area contributed by atoms with Crippen LogP contribution in [-0.4, -0.2) is 40.3 Å². The van der Waals surface area contributed by atoms with Gasteiger partial charge in [0.15, 0.2) is 0 Å². The second-order valence-corrected chi connectivity index (χ2v) is 9.79. The summed E-state index contributed by atoms with van der Waals surface area (Å²) in [4.78, 5) is 12.9. The number of sulfonamides is 1. The van der Waals surface area contributed by atoms with Crippen molar-refractivity contribution in [3.8, 4) is 11.5 Å². The third-order valence-corrected chi connectivity index (χ3v) is 6.16. The van der Waals surface area contributed by atoms with Gasteiger partial charge in [-0.05, 0) is 44.2 Å².